The fraction of sp³-hybridized carbons (Fsp3) is 0.571. The third-order valence-electron chi connectivity index (χ3n) is 3.29. The van der Waals surface area contributed by atoms with E-state index in [1.165, 1.54) is 10.5 Å². The minimum Gasteiger partial charge on any atom is -0.383 e. The van der Waals surface area contributed by atoms with Gasteiger partial charge in [0.25, 0.3) is 10.0 Å². The molecule has 114 valence electrons. The normalized spacial score (nSPS) is 14.9. The molecular formula is C14H20N4O2S. The first kappa shape index (κ1) is 15.7. The van der Waals surface area contributed by atoms with Crippen molar-refractivity contribution >= 4 is 15.7 Å². The second kappa shape index (κ2) is 6.87. The molecule has 7 heteroatoms. The zero-order valence-corrected chi connectivity index (χ0v) is 12.9. The van der Waals surface area contributed by atoms with Crippen LogP contribution in [0.1, 0.15) is 32.6 Å². The van der Waals surface area contributed by atoms with Crippen LogP contribution in [0.3, 0.4) is 0 Å². The molecule has 1 saturated carbocycles. The quantitative estimate of drug-likeness (QED) is 0.793. The van der Waals surface area contributed by atoms with E-state index in [9.17, 15) is 8.42 Å². The van der Waals surface area contributed by atoms with Gasteiger partial charge in [-0.15, -0.1) is 0 Å². The number of sulfonamides is 1. The lowest BCUT2D eigenvalue weighted by Crippen LogP contribution is -2.35. The highest BCUT2D eigenvalue weighted by Crippen LogP contribution is 2.33. The molecule has 0 bridgehead atoms. The molecule has 0 aromatic carbocycles. The maximum atomic E-state index is 12.8. The van der Waals surface area contributed by atoms with E-state index >= 15 is 0 Å². The molecule has 1 aliphatic rings. The van der Waals surface area contributed by atoms with Crippen molar-refractivity contribution in [3.63, 3.8) is 0 Å². The third-order valence-corrected chi connectivity index (χ3v) is 5.20. The van der Waals surface area contributed by atoms with Crippen molar-refractivity contribution in [1.29, 1.82) is 5.26 Å². The van der Waals surface area contributed by atoms with Gasteiger partial charge in [-0.3, -0.25) is 0 Å². The molecule has 0 radical (unpaired) electrons. The topological polar surface area (TPSA) is 86.1 Å². The summed E-state index contributed by atoms with van der Waals surface area (Å²) in [6, 6.07) is 5.47. The number of anilines is 1. The fourth-order valence-corrected chi connectivity index (χ4v) is 3.89. The molecular weight excluding hydrogens is 288 g/mol. The van der Waals surface area contributed by atoms with Crippen LogP contribution in [0.15, 0.2) is 23.4 Å². The fourth-order valence-electron chi connectivity index (χ4n) is 2.12. The number of nitriles is 1. The lowest BCUT2D eigenvalue weighted by Gasteiger charge is -2.21. The summed E-state index contributed by atoms with van der Waals surface area (Å²) in [5, 5.41) is 11.9. The largest absolute Gasteiger partial charge is 0.383 e. The molecule has 6 nitrogen and oxygen atoms in total. The van der Waals surface area contributed by atoms with Crippen LogP contribution in [0.2, 0.25) is 0 Å². The molecule has 0 atom stereocenters. The van der Waals surface area contributed by atoms with Crippen molar-refractivity contribution in [2.24, 2.45) is 0 Å². The number of pyridine rings is 1. The van der Waals surface area contributed by atoms with Crippen molar-refractivity contribution in [3.05, 3.63) is 18.3 Å². The molecule has 21 heavy (non-hydrogen) atoms. The van der Waals surface area contributed by atoms with E-state index in [1.807, 2.05) is 13.0 Å². The van der Waals surface area contributed by atoms with Gasteiger partial charge >= 0.3 is 0 Å². The lowest BCUT2D eigenvalue weighted by molar-refractivity contribution is 0.409. The monoisotopic (exact) mass is 308 g/mol. The zero-order valence-electron chi connectivity index (χ0n) is 12.1. The van der Waals surface area contributed by atoms with Crippen molar-refractivity contribution in [2.45, 2.75) is 43.7 Å². The maximum Gasteiger partial charge on any atom is 0.262 e. The summed E-state index contributed by atoms with van der Waals surface area (Å²) in [6.07, 6.45) is 4.29. The van der Waals surface area contributed by atoms with Crippen molar-refractivity contribution in [3.8, 4) is 6.07 Å². The van der Waals surface area contributed by atoms with Gasteiger partial charge in [0.1, 0.15) is 0 Å². The second-order valence-electron chi connectivity index (χ2n) is 5.04. The molecule has 1 N–H and O–H groups in total. The number of hydrogen-bond donors (Lipinski definition) is 1. The van der Waals surface area contributed by atoms with Crippen LogP contribution in [-0.2, 0) is 10.0 Å². The Labute approximate surface area is 125 Å². The van der Waals surface area contributed by atoms with Crippen LogP contribution < -0.4 is 5.32 Å². The first-order chi connectivity index (χ1) is 10.1. The Kier molecular flexibility index (Phi) is 5.15. The Balaban J connectivity index is 2.31. The van der Waals surface area contributed by atoms with Crippen LogP contribution in [0, 0.1) is 11.3 Å². The highest BCUT2D eigenvalue weighted by atomic mass is 32.2. The summed E-state index contributed by atoms with van der Waals surface area (Å²) >= 11 is 0. The second-order valence-corrected chi connectivity index (χ2v) is 6.84. The SMILES string of the molecule is CCCNc1cccnc1S(=O)(=O)N(CCC#N)C1CC1. The van der Waals surface area contributed by atoms with E-state index in [4.69, 9.17) is 5.26 Å². The maximum absolute atomic E-state index is 12.8. The predicted octanol–water partition coefficient (Wildman–Crippen LogP) is 1.97. The molecule has 0 unspecified atom stereocenters. The summed E-state index contributed by atoms with van der Waals surface area (Å²) in [5.74, 6) is 0. The van der Waals surface area contributed by atoms with E-state index < -0.39 is 10.0 Å². The van der Waals surface area contributed by atoms with Crippen molar-refractivity contribution in [1.82, 2.24) is 9.29 Å². The van der Waals surface area contributed by atoms with E-state index in [2.05, 4.69) is 10.3 Å². The van der Waals surface area contributed by atoms with E-state index in [0.29, 0.717) is 12.2 Å². The molecule has 1 aliphatic carbocycles. The van der Waals surface area contributed by atoms with Gasteiger partial charge in [0.2, 0.25) is 0 Å². The van der Waals surface area contributed by atoms with Gasteiger partial charge in [-0.25, -0.2) is 13.4 Å². The Morgan fingerprint density at radius 1 is 1.52 bits per heavy atom. The van der Waals surface area contributed by atoms with Crippen LogP contribution in [0.25, 0.3) is 0 Å². The molecule has 2 rings (SSSR count). The smallest absolute Gasteiger partial charge is 0.262 e. The molecule has 0 spiro atoms. The Hall–Kier alpha value is -1.65. The minimum atomic E-state index is -3.66. The van der Waals surface area contributed by atoms with Gasteiger partial charge in [0.05, 0.1) is 11.8 Å². The summed E-state index contributed by atoms with van der Waals surface area (Å²) in [7, 11) is -3.66. The highest BCUT2D eigenvalue weighted by Gasteiger charge is 2.39. The average molecular weight is 308 g/mol. The molecule has 1 fully saturated rings. The predicted molar refractivity (Wildman–Crippen MR) is 80.2 cm³/mol. The number of hydrogen-bond acceptors (Lipinski definition) is 5. The molecule has 0 saturated heterocycles. The van der Waals surface area contributed by atoms with E-state index in [0.717, 1.165) is 19.3 Å². The molecule has 1 heterocycles. The van der Waals surface area contributed by atoms with Gasteiger partial charge in [0.15, 0.2) is 5.03 Å². The highest BCUT2D eigenvalue weighted by molar-refractivity contribution is 7.89. The van der Waals surface area contributed by atoms with Crippen LogP contribution in [0.5, 0.6) is 0 Å². The average Bonchev–Trinajstić information content (AvgIpc) is 3.30. The van der Waals surface area contributed by atoms with E-state index in [-0.39, 0.29) is 24.0 Å². The summed E-state index contributed by atoms with van der Waals surface area (Å²) in [5.41, 5.74) is 0.530. The van der Waals surface area contributed by atoms with Crippen molar-refractivity contribution in [2.75, 3.05) is 18.4 Å². The van der Waals surface area contributed by atoms with Crippen LogP contribution in [0.4, 0.5) is 5.69 Å². The Morgan fingerprint density at radius 2 is 2.29 bits per heavy atom. The van der Waals surface area contributed by atoms with Crippen molar-refractivity contribution < 1.29 is 8.42 Å². The van der Waals surface area contributed by atoms with Gasteiger partial charge in [0, 0.05) is 31.7 Å². The number of nitrogens with zero attached hydrogens (tertiary/aromatic N) is 3. The first-order valence-electron chi connectivity index (χ1n) is 7.19. The van der Waals surface area contributed by atoms with Gasteiger partial charge in [-0.1, -0.05) is 6.92 Å². The summed E-state index contributed by atoms with van der Waals surface area (Å²) < 4.78 is 27.1. The van der Waals surface area contributed by atoms with Crippen LogP contribution >= 0.6 is 0 Å². The zero-order chi connectivity index (χ0) is 15.3. The molecule has 0 amide bonds. The first-order valence-corrected chi connectivity index (χ1v) is 8.63. The Bertz CT molecular complexity index is 620. The molecule has 1 aromatic rings. The van der Waals surface area contributed by atoms with Gasteiger partial charge in [-0.2, -0.15) is 9.57 Å². The lowest BCUT2D eigenvalue weighted by atomic mass is 10.4. The van der Waals surface area contributed by atoms with Gasteiger partial charge in [-0.05, 0) is 31.4 Å². The molecule has 0 aliphatic heterocycles. The van der Waals surface area contributed by atoms with E-state index in [1.54, 1.807) is 12.1 Å². The summed E-state index contributed by atoms with van der Waals surface area (Å²) in [6.45, 7) is 2.93. The van der Waals surface area contributed by atoms with Gasteiger partial charge < -0.3 is 5.32 Å². The standard InChI is InChI=1S/C14H20N4O2S/c1-2-9-16-13-5-3-10-17-14(13)21(19,20)18(11-4-8-15)12-6-7-12/h3,5,10,12,16H,2,4,6-7,9,11H2,1H3. The van der Waals surface area contributed by atoms with Crippen LogP contribution in [-0.4, -0.2) is 36.8 Å². The number of aromatic nitrogens is 1. The molecule has 1 aromatic heterocycles. The number of rotatable bonds is 8. The number of nitrogens with one attached hydrogen (secondary N) is 1. The third kappa shape index (κ3) is 3.71. The minimum absolute atomic E-state index is 0.0179. The summed E-state index contributed by atoms with van der Waals surface area (Å²) in [4.78, 5) is 4.07. The Morgan fingerprint density at radius 3 is 2.90 bits per heavy atom.